The van der Waals surface area contributed by atoms with Crippen molar-refractivity contribution in [1.29, 1.82) is 0 Å². The first-order valence-electron chi connectivity index (χ1n) is 7.09. The number of hydrogen-bond acceptors (Lipinski definition) is 5. The highest BCUT2D eigenvalue weighted by Gasteiger charge is 2.10. The molecule has 0 radical (unpaired) electrons. The minimum Gasteiger partial charge on any atom is -0.496 e. The molecule has 0 bridgehead atoms. The molecule has 0 spiro atoms. The number of ether oxygens (including phenoxy) is 3. The second-order valence-corrected chi connectivity index (χ2v) is 4.80. The van der Waals surface area contributed by atoms with E-state index in [-0.39, 0.29) is 0 Å². The van der Waals surface area contributed by atoms with Gasteiger partial charge in [-0.3, -0.25) is 0 Å². The molecule has 0 aliphatic heterocycles. The fourth-order valence-electron chi connectivity index (χ4n) is 2.31. The number of fused-ring (bicyclic) bond motifs is 1. The number of oxazole rings is 1. The Morgan fingerprint density at radius 3 is 2.26 bits per heavy atom. The van der Waals surface area contributed by atoms with Crippen LogP contribution in [0, 0.1) is 0 Å². The summed E-state index contributed by atoms with van der Waals surface area (Å²) in [5, 5.41) is 0. The first-order valence-corrected chi connectivity index (χ1v) is 7.09. The van der Waals surface area contributed by atoms with Gasteiger partial charge in [0.05, 0.1) is 21.3 Å². The van der Waals surface area contributed by atoms with E-state index in [1.807, 2.05) is 36.4 Å². The molecule has 5 heteroatoms. The van der Waals surface area contributed by atoms with E-state index in [0.29, 0.717) is 23.1 Å². The molecule has 5 nitrogen and oxygen atoms in total. The van der Waals surface area contributed by atoms with Gasteiger partial charge >= 0.3 is 0 Å². The van der Waals surface area contributed by atoms with Crippen LogP contribution < -0.4 is 14.2 Å². The quantitative estimate of drug-likeness (QED) is 0.712. The van der Waals surface area contributed by atoms with Crippen LogP contribution >= 0.6 is 0 Å². The topological polar surface area (TPSA) is 53.7 Å². The number of methoxy groups -OCH3 is 3. The third-order valence-electron chi connectivity index (χ3n) is 3.45. The molecule has 3 rings (SSSR count). The molecular formula is C18H17NO4. The Kier molecular flexibility index (Phi) is 4.19. The van der Waals surface area contributed by atoms with Crippen LogP contribution in [0.5, 0.6) is 17.2 Å². The summed E-state index contributed by atoms with van der Waals surface area (Å²) in [6.07, 6.45) is 3.66. The van der Waals surface area contributed by atoms with E-state index in [2.05, 4.69) is 4.98 Å². The molecule has 0 saturated carbocycles. The number of hydrogen-bond donors (Lipinski definition) is 0. The number of aromatic nitrogens is 1. The summed E-state index contributed by atoms with van der Waals surface area (Å²) in [5.41, 5.74) is 2.42. The normalized spacial score (nSPS) is 11.1. The molecular weight excluding hydrogens is 294 g/mol. The van der Waals surface area contributed by atoms with Crippen LogP contribution in [0.15, 0.2) is 40.8 Å². The van der Waals surface area contributed by atoms with Crippen LogP contribution in [0.25, 0.3) is 23.3 Å². The molecule has 2 aromatic carbocycles. The van der Waals surface area contributed by atoms with Gasteiger partial charge in [0.1, 0.15) is 11.3 Å². The largest absolute Gasteiger partial charge is 0.496 e. The maximum Gasteiger partial charge on any atom is 0.220 e. The first-order chi connectivity index (χ1) is 11.2. The van der Waals surface area contributed by atoms with Gasteiger partial charge in [-0.15, -0.1) is 0 Å². The predicted molar refractivity (Wildman–Crippen MR) is 89.0 cm³/mol. The summed E-state index contributed by atoms with van der Waals surface area (Å²) in [4.78, 5) is 4.41. The molecule has 1 aromatic heterocycles. The van der Waals surface area contributed by atoms with E-state index in [9.17, 15) is 0 Å². The van der Waals surface area contributed by atoms with Crippen LogP contribution in [0.4, 0.5) is 0 Å². The standard InChI is InChI=1S/C18H17NO4/c1-20-15-11-17(22-3)16(21-2)10-12(15)8-9-18-19-13-6-4-5-7-14(13)23-18/h4-11H,1-3H3. The highest BCUT2D eigenvalue weighted by atomic mass is 16.5. The van der Waals surface area contributed by atoms with Crippen LogP contribution in [0.2, 0.25) is 0 Å². The van der Waals surface area contributed by atoms with Crippen molar-refractivity contribution in [3.8, 4) is 17.2 Å². The smallest absolute Gasteiger partial charge is 0.220 e. The van der Waals surface area contributed by atoms with Crippen molar-refractivity contribution in [3.05, 3.63) is 47.9 Å². The Morgan fingerprint density at radius 2 is 1.57 bits per heavy atom. The van der Waals surface area contributed by atoms with E-state index < -0.39 is 0 Å². The van der Waals surface area contributed by atoms with Gasteiger partial charge in [-0.05, 0) is 24.3 Å². The maximum atomic E-state index is 5.67. The van der Waals surface area contributed by atoms with Crippen LogP contribution in [-0.2, 0) is 0 Å². The molecule has 0 aliphatic rings. The maximum absolute atomic E-state index is 5.67. The third kappa shape index (κ3) is 2.99. The average Bonchev–Trinajstić information content (AvgIpc) is 3.01. The van der Waals surface area contributed by atoms with Crippen LogP contribution in [-0.4, -0.2) is 26.3 Å². The lowest BCUT2D eigenvalue weighted by molar-refractivity contribution is 0.348. The van der Waals surface area contributed by atoms with E-state index in [1.165, 1.54) is 0 Å². The van der Waals surface area contributed by atoms with E-state index >= 15 is 0 Å². The number of benzene rings is 2. The monoisotopic (exact) mass is 311 g/mol. The number of rotatable bonds is 5. The molecule has 0 aliphatic carbocycles. The Hall–Kier alpha value is -2.95. The van der Waals surface area contributed by atoms with Gasteiger partial charge in [-0.2, -0.15) is 0 Å². The molecule has 23 heavy (non-hydrogen) atoms. The van der Waals surface area contributed by atoms with Gasteiger partial charge in [0.15, 0.2) is 17.1 Å². The van der Waals surface area contributed by atoms with Gasteiger partial charge in [0.2, 0.25) is 5.89 Å². The summed E-state index contributed by atoms with van der Waals surface area (Å²) in [5.74, 6) is 2.45. The van der Waals surface area contributed by atoms with Crippen LogP contribution in [0.1, 0.15) is 11.5 Å². The second-order valence-electron chi connectivity index (χ2n) is 4.80. The molecule has 0 fully saturated rings. The lowest BCUT2D eigenvalue weighted by Gasteiger charge is -2.11. The summed E-state index contributed by atoms with van der Waals surface area (Å²) in [6.45, 7) is 0. The van der Waals surface area contributed by atoms with Gasteiger partial charge in [0.25, 0.3) is 0 Å². The van der Waals surface area contributed by atoms with E-state index in [1.54, 1.807) is 33.5 Å². The molecule has 3 aromatic rings. The molecule has 0 amide bonds. The van der Waals surface area contributed by atoms with Crippen molar-refractivity contribution in [2.75, 3.05) is 21.3 Å². The van der Waals surface area contributed by atoms with Crippen molar-refractivity contribution in [1.82, 2.24) is 4.98 Å². The van der Waals surface area contributed by atoms with Crippen molar-refractivity contribution in [2.45, 2.75) is 0 Å². The Balaban J connectivity index is 1.97. The lowest BCUT2D eigenvalue weighted by atomic mass is 10.1. The predicted octanol–water partition coefficient (Wildman–Crippen LogP) is 4.02. The van der Waals surface area contributed by atoms with Crippen LogP contribution in [0.3, 0.4) is 0 Å². The molecule has 0 unspecified atom stereocenters. The van der Waals surface area contributed by atoms with Crippen molar-refractivity contribution in [2.24, 2.45) is 0 Å². The number of para-hydroxylation sites is 2. The number of nitrogens with zero attached hydrogens (tertiary/aromatic N) is 1. The van der Waals surface area contributed by atoms with Crippen molar-refractivity contribution in [3.63, 3.8) is 0 Å². The third-order valence-corrected chi connectivity index (χ3v) is 3.45. The zero-order valence-electron chi connectivity index (χ0n) is 13.2. The summed E-state index contributed by atoms with van der Waals surface area (Å²) >= 11 is 0. The Labute approximate surface area is 134 Å². The Bertz CT molecular complexity index is 818. The summed E-state index contributed by atoms with van der Waals surface area (Å²) in [6, 6.07) is 11.3. The SMILES string of the molecule is COc1cc(OC)c(OC)cc1C=Cc1nc2ccccc2o1. The molecule has 1 heterocycles. The molecule has 0 N–H and O–H groups in total. The van der Waals surface area contributed by atoms with Crippen molar-refractivity contribution < 1.29 is 18.6 Å². The van der Waals surface area contributed by atoms with Crippen molar-refractivity contribution >= 4 is 23.3 Å². The van der Waals surface area contributed by atoms with Gasteiger partial charge in [-0.1, -0.05) is 12.1 Å². The minimum absolute atomic E-state index is 0.531. The zero-order chi connectivity index (χ0) is 16.2. The lowest BCUT2D eigenvalue weighted by Crippen LogP contribution is -1.94. The van der Waals surface area contributed by atoms with Gasteiger partial charge in [-0.25, -0.2) is 4.98 Å². The fraction of sp³-hybridized carbons (Fsp3) is 0.167. The Morgan fingerprint density at radius 1 is 0.870 bits per heavy atom. The fourth-order valence-corrected chi connectivity index (χ4v) is 2.31. The molecule has 118 valence electrons. The van der Waals surface area contributed by atoms with E-state index in [4.69, 9.17) is 18.6 Å². The van der Waals surface area contributed by atoms with Gasteiger partial charge in [0, 0.05) is 17.7 Å². The molecule has 0 saturated heterocycles. The minimum atomic E-state index is 0.531. The van der Waals surface area contributed by atoms with Gasteiger partial charge < -0.3 is 18.6 Å². The summed E-state index contributed by atoms with van der Waals surface area (Å²) < 4.78 is 21.7. The summed E-state index contributed by atoms with van der Waals surface area (Å²) in [7, 11) is 4.79. The highest BCUT2D eigenvalue weighted by Crippen LogP contribution is 2.35. The first kappa shape index (κ1) is 15.0. The molecule has 0 atom stereocenters. The van der Waals surface area contributed by atoms with E-state index in [0.717, 1.165) is 16.7 Å². The average molecular weight is 311 g/mol. The second kappa shape index (κ2) is 6.44. The highest BCUT2D eigenvalue weighted by molar-refractivity contribution is 5.77. The zero-order valence-corrected chi connectivity index (χ0v) is 13.2.